The lowest BCUT2D eigenvalue weighted by atomic mass is 10.0. The highest BCUT2D eigenvalue weighted by atomic mass is 35.5. The number of aromatic nitrogens is 2. The van der Waals surface area contributed by atoms with Gasteiger partial charge in [-0.2, -0.15) is 0 Å². The van der Waals surface area contributed by atoms with E-state index in [-0.39, 0.29) is 11.0 Å². The summed E-state index contributed by atoms with van der Waals surface area (Å²) in [7, 11) is 1.75. The minimum atomic E-state index is -0.279. The van der Waals surface area contributed by atoms with Crippen LogP contribution in [0.5, 0.6) is 0 Å². The molecule has 2 atom stereocenters. The number of benzene rings is 1. The van der Waals surface area contributed by atoms with Crippen LogP contribution in [0, 0.1) is 6.92 Å². The highest BCUT2D eigenvalue weighted by Crippen LogP contribution is 2.31. The van der Waals surface area contributed by atoms with E-state index in [1.54, 1.807) is 7.11 Å². The van der Waals surface area contributed by atoms with Gasteiger partial charge in [-0.1, -0.05) is 6.07 Å². The van der Waals surface area contributed by atoms with Crippen molar-refractivity contribution in [3.8, 4) is 0 Å². The summed E-state index contributed by atoms with van der Waals surface area (Å²) in [5.41, 5.74) is 3.01. The smallest absolute Gasteiger partial charge is 0.127 e. The van der Waals surface area contributed by atoms with Crippen molar-refractivity contribution in [1.82, 2.24) is 9.55 Å². The highest BCUT2D eigenvalue weighted by Gasteiger charge is 2.36. The number of methoxy groups -OCH3 is 1. The lowest BCUT2D eigenvalue weighted by Crippen LogP contribution is -2.37. The molecule has 1 fully saturated rings. The molecule has 1 aromatic heterocycles. The molecule has 0 amide bonds. The molecule has 0 N–H and O–H groups in total. The first kappa shape index (κ1) is 14.8. The van der Waals surface area contributed by atoms with Gasteiger partial charge in [0.05, 0.1) is 29.6 Å². The van der Waals surface area contributed by atoms with E-state index in [0.717, 1.165) is 36.4 Å². The Kier molecular flexibility index (Phi) is 3.95. The number of hydrogen-bond acceptors (Lipinski definition) is 3. The Balaban J connectivity index is 2.09. The van der Waals surface area contributed by atoms with Gasteiger partial charge in [0.2, 0.25) is 0 Å². The summed E-state index contributed by atoms with van der Waals surface area (Å²) in [4.78, 5) is 4.72. The second-order valence-corrected chi connectivity index (χ2v) is 6.51. The second-order valence-electron chi connectivity index (χ2n) is 5.85. The first-order chi connectivity index (χ1) is 10.0. The second kappa shape index (κ2) is 5.59. The third-order valence-electron chi connectivity index (χ3n) is 4.24. The van der Waals surface area contributed by atoms with Crippen molar-refractivity contribution >= 4 is 22.6 Å². The van der Waals surface area contributed by atoms with Gasteiger partial charge in [0, 0.05) is 20.1 Å². The molecule has 0 aliphatic carbocycles. The monoisotopic (exact) mass is 308 g/mol. The third kappa shape index (κ3) is 2.68. The molecule has 0 saturated carbocycles. The van der Waals surface area contributed by atoms with E-state index >= 15 is 0 Å². The SMILES string of the molecule is COC1(Cn2c(C(C)Cl)nc3cc(C)ccc32)CCOC1. The summed E-state index contributed by atoms with van der Waals surface area (Å²) in [5, 5.41) is -0.145. The van der Waals surface area contributed by atoms with Crippen molar-refractivity contribution in [2.24, 2.45) is 0 Å². The molecule has 5 heteroatoms. The predicted molar refractivity (Wildman–Crippen MR) is 83.9 cm³/mol. The molecule has 3 rings (SSSR count). The number of fused-ring (bicyclic) bond motifs is 1. The highest BCUT2D eigenvalue weighted by molar-refractivity contribution is 6.20. The quantitative estimate of drug-likeness (QED) is 0.812. The van der Waals surface area contributed by atoms with E-state index in [0.29, 0.717) is 6.61 Å². The van der Waals surface area contributed by atoms with E-state index in [4.69, 9.17) is 26.1 Å². The van der Waals surface area contributed by atoms with Crippen LogP contribution in [0.1, 0.15) is 30.1 Å². The first-order valence-corrected chi connectivity index (χ1v) is 7.72. The molecular formula is C16H21ClN2O2. The summed E-state index contributed by atoms with van der Waals surface area (Å²) in [5.74, 6) is 0.889. The van der Waals surface area contributed by atoms with Crippen molar-refractivity contribution in [3.63, 3.8) is 0 Å². The maximum Gasteiger partial charge on any atom is 0.127 e. The van der Waals surface area contributed by atoms with Crippen LogP contribution in [-0.4, -0.2) is 35.5 Å². The van der Waals surface area contributed by atoms with E-state index in [9.17, 15) is 0 Å². The Bertz CT molecular complexity index is 645. The molecule has 1 saturated heterocycles. The van der Waals surface area contributed by atoms with Crippen LogP contribution in [0.4, 0.5) is 0 Å². The maximum atomic E-state index is 6.34. The molecule has 0 radical (unpaired) electrons. The summed E-state index contributed by atoms with van der Waals surface area (Å²) in [6.07, 6.45) is 0.894. The number of alkyl halides is 1. The summed E-state index contributed by atoms with van der Waals surface area (Å²) < 4.78 is 13.5. The van der Waals surface area contributed by atoms with Crippen LogP contribution in [0.15, 0.2) is 18.2 Å². The molecule has 2 aromatic rings. The zero-order valence-corrected chi connectivity index (χ0v) is 13.5. The molecule has 1 aromatic carbocycles. The Hall–Kier alpha value is -1.10. The molecular weight excluding hydrogens is 288 g/mol. The van der Waals surface area contributed by atoms with Gasteiger partial charge in [-0.25, -0.2) is 4.98 Å². The fourth-order valence-electron chi connectivity index (χ4n) is 2.96. The van der Waals surface area contributed by atoms with Gasteiger partial charge in [-0.15, -0.1) is 11.6 Å². The number of halogens is 1. The van der Waals surface area contributed by atoms with Crippen LogP contribution in [0.2, 0.25) is 0 Å². The van der Waals surface area contributed by atoms with Gasteiger partial charge in [0.1, 0.15) is 11.4 Å². The van der Waals surface area contributed by atoms with E-state index < -0.39 is 0 Å². The van der Waals surface area contributed by atoms with Gasteiger partial charge in [-0.3, -0.25) is 0 Å². The number of nitrogens with zero attached hydrogens (tertiary/aromatic N) is 2. The Morgan fingerprint density at radius 2 is 2.33 bits per heavy atom. The molecule has 4 nitrogen and oxygen atoms in total. The van der Waals surface area contributed by atoms with Crippen LogP contribution < -0.4 is 0 Å². The number of aryl methyl sites for hydroxylation is 1. The molecule has 0 bridgehead atoms. The molecule has 21 heavy (non-hydrogen) atoms. The average molecular weight is 309 g/mol. The van der Waals surface area contributed by atoms with Gasteiger partial charge in [0.15, 0.2) is 0 Å². The van der Waals surface area contributed by atoms with Crippen LogP contribution >= 0.6 is 11.6 Å². The Morgan fingerprint density at radius 1 is 1.52 bits per heavy atom. The minimum absolute atomic E-state index is 0.145. The normalized spacial score (nSPS) is 23.8. The minimum Gasteiger partial charge on any atom is -0.378 e. The third-order valence-corrected chi connectivity index (χ3v) is 4.43. The summed E-state index contributed by atoms with van der Waals surface area (Å²) in [6, 6.07) is 6.31. The molecule has 1 aliphatic rings. The zero-order chi connectivity index (χ0) is 15.0. The van der Waals surface area contributed by atoms with Crippen molar-refractivity contribution in [2.75, 3.05) is 20.3 Å². The van der Waals surface area contributed by atoms with E-state index in [2.05, 4.69) is 29.7 Å². The number of rotatable bonds is 4. The topological polar surface area (TPSA) is 36.3 Å². The summed E-state index contributed by atoms with van der Waals surface area (Å²) in [6.45, 7) is 6.10. The number of imidazole rings is 1. The molecule has 2 unspecified atom stereocenters. The number of ether oxygens (including phenoxy) is 2. The predicted octanol–water partition coefficient (Wildman–Crippen LogP) is 3.45. The first-order valence-electron chi connectivity index (χ1n) is 7.28. The summed E-state index contributed by atoms with van der Waals surface area (Å²) >= 11 is 6.34. The molecule has 0 spiro atoms. The van der Waals surface area contributed by atoms with Crippen LogP contribution in [0.25, 0.3) is 11.0 Å². The molecule has 114 valence electrons. The fourth-order valence-corrected chi connectivity index (χ4v) is 3.12. The lowest BCUT2D eigenvalue weighted by molar-refractivity contribution is -0.0292. The van der Waals surface area contributed by atoms with E-state index in [1.807, 2.05) is 6.92 Å². The van der Waals surface area contributed by atoms with Crippen molar-refractivity contribution < 1.29 is 9.47 Å². The number of hydrogen-bond donors (Lipinski definition) is 0. The molecule has 1 aliphatic heterocycles. The van der Waals surface area contributed by atoms with Crippen molar-refractivity contribution in [1.29, 1.82) is 0 Å². The van der Waals surface area contributed by atoms with Gasteiger partial charge >= 0.3 is 0 Å². The largest absolute Gasteiger partial charge is 0.378 e. The van der Waals surface area contributed by atoms with Crippen LogP contribution in [0.3, 0.4) is 0 Å². The maximum absolute atomic E-state index is 6.34. The fraction of sp³-hybridized carbons (Fsp3) is 0.562. The Morgan fingerprint density at radius 3 is 2.95 bits per heavy atom. The van der Waals surface area contributed by atoms with Gasteiger partial charge < -0.3 is 14.0 Å². The van der Waals surface area contributed by atoms with Gasteiger partial charge in [-0.05, 0) is 31.5 Å². The standard InChI is InChI=1S/C16H21ClN2O2/c1-11-4-5-14-13(8-11)18-15(12(2)17)19(14)9-16(20-3)6-7-21-10-16/h4-5,8,12H,6-7,9-10H2,1-3H3. The zero-order valence-electron chi connectivity index (χ0n) is 12.7. The molecule has 2 heterocycles. The van der Waals surface area contributed by atoms with Crippen molar-refractivity contribution in [2.45, 2.75) is 37.8 Å². The Labute approximate surface area is 130 Å². The average Bonchev–Trinajstić information content (AvgIpc) is 3.05. The van der Waals surface area contributed by atoms with Gasteiger partial charge in [0.25, 0.3) is 0 Å². The van der Waals surface area contributed by atoms with Crippen molar-refractivity contribution in [3.05, 3.63) is 29.6 Å². The van der Waals surface area contributed by atoms with Crippen LogP contribution in [-0.2, 0) is 16.0 Å². The van der Waals surface area contributed by atoms with E-state index in [1.165, 1.54) is 5.56 Å². The lowest BCUT2D eigenvalue weighted by Gasteiger charge is -2.27.